The molecule has 2 heterocycles. The predicted molar refractivity (Wildman–Crippen MR) is 148 cm³/mol. The van der Waals surface area contributed by atoms with Crippen LogP contribution in [-0.2, 0) is 12.5 Å². The fourth-order valence-corrected chi connectivity index (χ4v) is 4.70. The Bertz CT molecular complexity index is 1410. The van der Waals surface area contributed by atoms with E-state index in [1.54, 1.807) is 17.4 Å². The van der Waals surface area contributed by atoms with Crippen LogP contribution in [0.5, 0.6) is 0 Å². The molecule has 0 aliphatic carbocycles. The van der Waals surface area contributed by atoms with Gasteiger partial charge in [0.1, 0.15) is 5.82 Å². The van der Waals surface area contributed by atoms with E-state index in [-0.39, 0.29) is 5.41 Å². The molecule has 4 rings (SSSR count). The van der Waals surface area contributed by atoms with Crippen LogP contribution in [0, 0.1) is 6.92 Å². The molecule has 0 fully saturated rings. The average molecular weight is 469 g/mol. The number of hydrogen-bond acceptors (Lipinski definition) is 4. The first-order chi connectivity index (χ1) is 16.2. The van der Waals surface area contributed by atoms with Crippen molar-refractivity contribution in [1.82, 2.24) is 14.5 Å². The third kappa shape index (κ3) is 4.75. The number of allylic oxidation sites excluding steroid dienone is 5. The second kappa shape index (κ2) is 9.43. The van der Waals surface area contributed by atoms with Crippen LogP contribution in [0.2, 0.25) is 0 Å². The van der Waals surface area contributed by atoms with E-state index in [0.29, 0.717) is 0 Å². The summed E-state index contributed by atoms with van der Waals surface area (Å²) >= 11 is 1.59. The largest absolute Gasteiger partial charge is 0.331 e. The van der Waals surface area contributed by atoms with Gasteiger partial charge in [-0.3, -0.25) is 0 Å². The lowest BCUT2D eigenvalue weighted by atomic mass is 9.86. The molecule has 0 aliphatic heterocycles. The van der Waals surface area contributed by atoms with Crippen LogP contribution in [-0.4, -0.2) is 14.5 Å². The summed E-state index contributed by atoms with van der Waals surface area (Å²) < 4.78 is 2.18. The fraction of sp³-hybridized carbons (Fsp3) is 0.241. The molecule has 34 heavy (non-hydrogen) atoms. The molecule has 0 unspecified atom stereocenters. The monoisotopic (exact) mass is 468 g/mol. The molecule has 0 spiro atoms. The van der Waals surface area contributed by atoms with Crippen molar-refractivity contribution in [3.8, 4) is 11.4 Å². The molecule has 0 bridgehead atoms. The van der Waals surface area contributed by atoms with E-state index in [0.717, 1.165) is 50.1 Å². The molecular weight excluding hydrogens is 436 g/mol. The molecule has 0 saturated carbocycles. The highest BCUT2D eigenvalue weighted by Crippen LogP contribution is 2.33. The minimum atomic E-state index is 0.0917. The standard InChI is InChI=1S/C29H32N4S/c1-8-11-20(12-9-2)25-18-34-28(32-25)31-23-17-24-26(15-19(23)3)33(7)27(30-24)21-13-10-14-22(16-21)29(4,5)6/h8-18H,1H2,2-7H3,(H,31,32)/b12-9-,20-11+. The van der Waals surface area contributed by atoms with Gasteiger partial charge in [-0.25, -0.2) is 9.97 Å². The lowest BCUT2D eigenvalue weighted by Crippen LogP contribution is -2.11. The first kappa shape index (κ1) is 23.7. The number of nitrogens with zero attached hydrogens (tertiary/aromatic N) is 3. The van der Waals surface area contributed by atoms with Crippen LogP contribution in [0.15, 0.2) is 72.7 Å². The summed E-state index contributed by atoms with van der Waals surface area (Å²) in [7, 11) is 2.09. The van der Waals surface area contributed by atoms with Gasteiger partial charge in [-0.2, -0.15) is 0 Å². The zero-order chi connectivity index (χ0) is 24.5. The first-order valence-electron chi connectivity index (χ1n) is 11.5. The Balaban J connectivity index is 1.69. The summed E-state index contributed by atoms with van der Waals surface area (Å²) in [5.41, 5.74) is 8.75. The number of aryl methyl sites for hydroxylation is 2. The number of benzene rings is 2. The Morgan fingerprint density at radius 3 is 2.65 bits per heavy atom. The van der Waals surface area contributed by atoms with Crippen molar-refractivity contribution >= 4 is 38.8 Å². The second-order valence-electron chi connectivity index (χ2n) is 9.50. The van der Waals surface area contributed by atoms with Gasteiger partial charge in [-0.1, -0.05) is 69.9 Å². The quantitative estimate of drug-likeness (QED) is 0.290. The van der Waals surface area contributed by atoms with E-state index in [1.165, 1.54) is 5.56 Å². The second-order valence-corrected chi connectivity index (χ2v) is 10.4. The van der Waals surface area contributed by atoms with E-state index in [2.05, 4.69) is 93.0 Å². The molecule has 0 atom stereocenters. The number of hydrogen-bond donors (Lipinski definition) is 1. The lowest BCUT2D eigenvalue weighted by molar-refractivity contribution is 0.590. The van der Waals surface area contributed by atoms with Crippen molar-refractivity contribution in [2.45, 2.75) is 40.0 Å². The molecule has 2 aromatic carbocycles. The van der Waals surface area contributed by atoms with E-state index >= 15 is 0 Å². The van der Waals surface area contributed by atoms with Crippen LogP contribution in [0.1, 0.15) is 44.5 Å². The molecule has 4 nitrogen and oxygen atoms in total. The van der Waals surface area contributed by atoms with Gasteiger partial charge in [0, 0.05) is 29.3 Å². The van der Waals surface area contributed by atoms with Gasteiger partial charge in [0.25, 0.3) is 0 Å². The minimum absolute atomic E-state index is 0.0917. The van der Waals surface area contributed by atoms with Crippen molar-refractivity contribution in [3.63, 3.8) is 0 Å². The molecule has 5 heteroatoms. The smallest absolute Gasteiger partial charge is 0.187 e. The Hall–Kier alpha value is -3.44. The van der Waals surface area contributed by atoms with Crippen molar-refractivity contribution in [1.29, 1.82) is 0 Å². The molecular formula is C29H32N4S. The molecule has 4 aromatic rings. The zero-order valence-electron chi connectivity index (χ0n) is 20.8. The normalized spacial score (nSPS) is 12.6. The number of thiazole rings is 1. The Labute approximate surface area is 206 Å². The van der Waals surface area contributed by atoms with Crippen LogP contribution < -0.4 is 5.32 Å². The molecule has 0 aliphatic rings. The van der Waals surface area contributed by atoms with Crippen LogP contribution in [0.3, 0.4) is 0 Å². The van der Waals surface area contributed by atoms with Crippen LogP contribution >= 0.6 is 11.3 Å². The van der Waals surface area contributed by atoms with Gasteiger partial charge in [-0.05, 0) is 48.6 Å². The van der Waals surface area contributed by atoms with Crippen LogP contribution in [0.25, 0.3) is 28.0 Å². The Kier molecular flexibility index (Phi) is 6.58. The summed E-state index contributed by atoms with van der Waals surface area (Å²) in [5, 5.41) is 6.42. The maximum atomic E-state index is 5.01. The van der Waals surface area contributed by atoms with E-state index in [4.69, 9.17) is 9.97 Å². The summed E-state index contributed by atoms with van der Waals surface area (Å²) in [4.78, 5) is 9.79. The van der Waals surface area contributed by atoms with Crippen LogP contribution in [0.4, 0.5) is 10.8 Å². The van der Waals surface area contributed by atoms with Gasteiger partial charge in [-0.15, -0.1) is 11.3 Å². The molecule has 0 radical (unpaired) electrons. The summed E-state index contributed by atoms with van der Waals surface area (Å²) in [6.07, 6.45) is 7.81. The van der Waals surface area contributed by atoms with Crippen molar-refractivity contribution < 1.29 is 0 Å². The number of nitrogens with one attached hydrogen (secondary N) is 1. The number of rotatable bonds is 6. The van der Waals surface area contributed by atoms with Crippen molar-refractivity contribution in [3.05, 3.63) is 89.5 Å². The topological polar surface area (TPSA) is 42.7 Å². The Morgan fingerprint density at radius 2 is 1.94 bits per heavy atom. The van der Waals surface area contributed by atoms with Crippen molar-refractivity contribution in [2.24, 2.45) is 7.05 Å². The average Bonchev–Trinajstić information content (AvgIpc) is 3.38. The predicted octanol–water partition coefficient (Wildman–Crippen LogP) is 8.19. The Morgan fingerprint density at radius 1 is 1.15 bits per heavy atom. The van der Waals surface area contributed by atoms with Gasteiger partial charge in [0.05, 0.1) is 16.7 Å². The highest BCUT2D eigenvalue weighted by atomic mass is 32.1. The first-order valence-corrected chi connectivity index (χ1v) is 12.4. The molecule has 0 saturated heterocycles. The highest BCUT2D eigenvalue weighted by molar-refractivity contribution is 7.13. The number of aromatic nitrogens is 3. The van der Waals surface area contributed by atoms with E-state index in [9.17, 15) is 0 Å². The maximum Gasteiger partial charge on any atom is 0.187 e. The minimum Gasteiger partial charge on any atom is -0.331 e. The van der Waals surface area contributed by atoms with E-state index < -0.39 is 0 Å². The highest BCUT2D eigenvalue weighted by Gasteiger charge is 2.17. The zero-order valence-corrected chi connectivity index (χ0v) is 21.6. The molecule has 0 amide bonds. The molecule has 174 valence electrons. The molecule has 2 aromatic heterocycles. The number of anilines is 2. The maximum absolute atomic E-state index is 5.01. The van der Waals surface area contributed by atoms with Gasteiger partial charge < -0.3 is 9.88 Å². The van der Waals surface area contributed by atoms with Gasteiger partial charge in [0.2, 0.25) is 0 Å². The lowest BCUT2D eigenvalue weighted by Gasteiger charge is -2.19. The number of imidazole rings is 1. The van der Waals surface area contributed by atoms with Crippen molar-refractivity contribution in [2.75, 3.05) is 5.32 Å². The summed E-state index contributed by atoms with van der Waals surface area (Å²) in [6, 6.07) is 13.0. The SMILES string of the molecule is C=C/C=C(\C=C/C)c1csc(Nc2cc3nc(-c4cccc(C(C)(C)C)c4)n(C)c3cc2C)n1. The fourth-order valence-electron chi connectivity index (χ4n) is 3.97. The summed E-state index contributed by atoms with van der Waals surface area (Å²) in [5.74, 6) is 0.972. The van der Waals surface area contributed by atoms with E-state index in [1.807, 2.05) is 25.2 Å². The third-order valence-electron chi connectivity index (χ3n) is 5.90. The third-order valence-corrected chi connectivity index (χ3v) is 6.66. The van der Waals surface area contributed by atoms with Gasteiger partial charge in [0.15, 0.2) is 5.13 Å². The van der Waals surface area contributed by atoms with Gasteiger partial charge >= 0.3 is 0 Å². The summed E-state index contributed by atoms with van der Waals surface area (Å²) in [6.45, 7) is 14.6. The number of fused-ring (bicyclic) bond motifs is 1. The molecule has 1 N–H and O–H groups in total.